The standard InChI is InChI=1S/C20H20N2O3/c1-25-19-10-13(5-7-18(19)23)12-4-6-15-16(11-14-3-2-8-21-14)20(24)22-17(15)9-12/h2-4,6-11,13,15,17,21,23H,5H2,1H3,(H,22,24)/b16-11-. The number of rotatable bonds is 3. The number of ether oxygens (including phenoxy) is 1. The molecule has 5 nitrogen and oxygen atoms in total. The zero-order valence-electron chi connectivity index (χ0n) is 13.9. The minimum Gasteiger partial charge on any atom is -0.504 e. The second kappa shape index (κ2) is 6.16. The number of nitrogens with one attached hydrogen (secondary N) is 2. The van der Waals surface area contributed by atoms with Gasteiger partial charge in [-0.2, -0.15) is 0 Å². The molecule has 1 saturated heterocycles. The molecule has 128 valence electrons. The summed E-state index contributed by atoms with van der Waals surface area (Å²) < 4.78 is 5.21. The Morgan fingerprint density at radius 1 is 1.36 bits per heavy atom. The lowest BCUT2D eigenvalue weighted by atomic mass is 9.82. The van der Waals surface area contributed by atoms with Gasteiger partial charge in [0.2, 0.25) is 5.91 Å². The Labute approximate surface area is 146 Å². The van der Waals surface area contributed by atoms with Gasteiger partial charge in [0.05, 0.1) is 13.2 Å². The highest BCUT2D eigenvalue weighted by Crippen LogP contribution is 2.35. The fourth-order valence-corrected chi connectivity index (χ4v) is 3.61. The second-order valence-electron chi connectivity index (χ2n) is 6.44. The normalized spacial score (nSPS) is 29.6. The molecule has 2 heterocycles. The molecule has 3 atom stereocenters. The summed E-state index contributed by atoms with van der Waals surface area (Å²) in [6.07, 6.45) is 14.4. The lowest BCUT2D eigenvalue weighted by molar-refractivity contribution is -0.116. The van der Waals surface area contributed by atoms with E-state index in [1.807, 2.05) is 30.5 Å². The monoisotopic (exact) mass is 336 g/mol. The molecule has 5 heteroatoms. The van der Waals surface area contributed by atoms with Crippen molar-refractivity contribution >= 4 is 12.0 Å². The molecular weight excluding hydrogens is 316 g/mol. The zero-order chi connectivity index (χ0) is 17.4. The molecule has 0 spiro atoms. The summed E-state index contributed by atoms with van der Waals surface area (Å²) in [7, 11) is 1.55. The van der Waals surface area contributed by atoms with E-state index in [4.69, 9.17) is 4.74 Å². The molecule has 0 saturated carbocycles. The number of aromatic nitrogens is 1. The summed E-state index contributed by atoms with van der Waals surface area (Å²) in [5.74, 6) is 0.827. The van der Waals surface area contributed by atoms with E-state index in [0.29, 0.717) is 12.2 Å². The van der Waals surface area contributed by atoms with Crippen LogP contribution in [-0.2, 0) is 9.53 Å². The minimum atomic E-state index is -0.0346. The molecule has 3 unspecified atom stereocenters. The van der Waals surface area contributed by atoms with Gasteiger partial charge >= 0.3 is 0 Å². The molecule has 3 N–H and O–H groups in total. The second-order valence-corrected chi connectivity index (χ2v) is 6.44. The molecule has 1 amide bonds. The number of carbonyl (C=O) groups excluding carboxylic acids is 1. The van der Waals surface area contributed by atoms with Crippen LogP contribution in [0.25, 0.3) is 6.08 Å². The van der Waals surface area contributed by atoms with E-state index >= 15 is 0 Å². The first-order chi connectivity index (χ1) is 12.2. The van der Waals surface area contributed by atoms with Gasteiger partial charge in [0, 0.05) is 29.3 Å². The van der Waals surface area contributed by atoms with E-state index < -0.39 is 0 Å². The van der Waals surface area contributed by atoms with Gasteiger partial charge in [-0.15, -0.1) is 0 Å². The number of allylic oxidation sites excluding steroid dienone is 4. The van der Waals surface area contributed by atoms with E-state index in [1.54, 1.807) is 13.2 Å². The van der Waals surface area contributed by atoms with Crippen LogP contribution >= 0.6 is 0 Å². The van der Waals surface area contributed by atoms with Crippen LogP contribution in [0.5, 0.6) is 0 Å². The molecule has 0 bridgehead atoms. The summed E-state index contributed by atoms with van der Waals surface area (Å²) in [5.41, 5.74) is 2.82. The minimum absolute atomic E-state index is 0.0268. The third-order valence-electron chi connectivity index (χ3n) is 4.93. The van der Waals surface area contributed by atoms with Crippen LogP contribution in [0.3, 0.4) is 0 Å². The SMILES string of the molecule is COC1=CC(C2=CC3NC(=O)/C(=C\c4ccc[nH]4)C3C=C2)CC=C1O. The molecular formula is C20H20N2O3. The van der Waals surface area contributed by atoms with Gasteiger partial charge in [0.25, 0.3) is 0 Å². The van der Waals surface area contributed by atoms with Crippen molar-refractivity contribution in [2.24, 2.45) is 11.8 Å². The van der Waals surface area contributed by atoms with Crippen LogP contribution in [-0.4, -0.2) is 29.1 Å². The number of aromatic amines is 1. The van der Waals surface area contributed by atoms with E-state index in [0.717, 1.165) is 16.8 Å². The van der Waals surface area contributed by atoms with Gasteiger partial charge in [0.1, 0.15) is 0 Å². The topological polar surface area (TPSA) is 74.3 Å². The average Bonchev–Trinajstić information content (AvgIpc) is 3.23. The predicted octanol–water partition coefficient (Wildman–Crippen LogP) is 3.00. The van der Waals surface area contributed by atoms with Crippen LogP contribution in [0, 0.1) is 11.8 Å². The maximum absolute atomic E-state index is 12.4. The maximum atomic E-state index is 12.4. The lowest BCUT2D eigenvalue weighted by Crippen LogP contribution is -2.28. The number of H-pyrrole nitrogens is 1. The largest absolute Gasteiger partial charge is 0.504 e. The first kappa shape index (κ1) is 15.6. The smallest absolute Gasteiger partial charge is 0.248 e. The van der Waals surface area contributed by atoms with Gasteiger partial charge in [-0.05, 0) is 42.4 Å². The molecule has 3 aliphatic rings. The van der Waals surface area contributed by atoms with Gasteiger partial charge in [-0.1, -0.05) is 18.2 Å². The van der Waals surface area contributed by atoms with Crippen molar-refractivity contribution in [2.45, 2.75) is 12.5 Å². The van der Waals surface area contributed by atoms with Gasteiger partial charge in [-0.3, -0.25) is 4.79 Å². The van der Waals surface area contributed by atoms with Crippen molar-refractivity contribution < 1.29 is 14.6 Å². The molecule has 0 aromatic carbocycles. The molecule has 1 aromatic heterocycles. The van der Waals surface area contributed by atoms with Crippen molar-refractivity contribution in [3.63, 3.8) is 0 Å². The summed E-state index contributed by atoms with van der Waals surface area (Å²) in [6, 6.07) is 3.82. The number of amides is 1. The third-order valence-corrected chi connectivity index (χ3v) is 4.93. The maximum Gasteiger partial charge on any atom is 0.248 e. The Bertz CT molecular complexity index is 840. The van der Waals surface area contributed by atoms with E-state index in [1.165, 1.54) is 0 Å². The van der Waals surface area contributed by atoms with Gasteiger partial charge in [-0.25, -0.2) is 0 Å². The average molecular weight is 336 g/mol. The highest BCUT2D eigenvalue weighted by Gasteiger charge is 2.37. The van der Waals surface area contributed by atoms with Crippen LogP contribution in [0.2, 0.25) is 0 Å². The first-order valence-electron chi connectivity index (χ1n) is 8.37. The molecule has 1 aliphatic heterocycles. The Balaban J connectivity index is 1.58. The summed E-state index contributed by atoms with van der Waals surface area (Å²) in [6.45, 7) is 0. The van der Waals surface area contributed by atoms with E-state index in [9.17, 15) is 9.90 Å². The summed E-state index contributed by atoms with van der Waals surface area (Å²) >= 11 is 0. The fourth-order valence-electron chi connectivity index (χ4n) is 3.61. The Hall–Kier alpha value is -2.95. The molecule has 0 radical (unpaired) electrons. The van der Waals surface area contributed by atoms with Crippen molar-refractivity contribution in [1.29, 1.82) is 0 Å². The van der Waals surface area contributed by atoms with Crippen molar-refractivity contribution in [3.8, 4) is 0 Å². The van der Waals surface area contributed by atoms with Crippen LogP contribution < -0.4 is 5.32 Å². The Morgan fingerprint density at radius 3 is 3.00 bits per heavy atom. The highest BCUT2D eigenvalue weighted by molar-refractivity contribution is 6.01. The fraction of sp³-hybridized carbons (Fsp3) is 0.250. The molecule has 1 aromatic rings. The molecule has 4 rings (SSSR count). The number of aliphatic hydroxyl groups is 1. The lowest BCUT2D eigenvalue weighted by Gasteiger charge is -2.24. The number of methoxy groups -OCH3 is 1. The number of hydrogen-bond donors (Lipinski definition) is 3. The van der Waals surface area contributed by atoms with E-state index in [-0.39, 0.29) is 29.5 Å². The van der Waals surface area contributed by atoms with E-state index in [2.05, 4.69) is 28.5 Å². The number of aliphatic hydroxyl groups excluding tert-OH is 1. The van der Waals surface area contributed by atoms with Crippen LogP contribution in [0.15, 0.2) is 71.4 Å². The third kappa shape index (κ3) is 2.82. The highest BCUT2D eigenvalue weighted by atomic mass is 16.5. The molecule has 1 fully saturated rings. The first-order valence-corrected chi connectivity index (χ1v) is 8.37. The number of carbonyl (C=O) groups is 1. The van der Waals surface area contributed by atoms with Crippen LogP contribution in [0.4, 0.5) is 0 Å². The van der Waals surface area contributed by atoms with Gasteiger partial charge < -0.3 is 20.1 Å². The number of fused-ring (bicyclic) bond motifs is 1. The van der Waals surface area contributed by atoms with Crippen LogP contribution in [0.1, 0.15) is 12.1 Å². The predicted molar refractivity (Wildman–Crippen MR) is 95.3 cm³/mol. The Morgan fingerprint density at radius 2 is 2.24 bits per heavy atom. The Kier molecular flexibility index (Phi) is 3.84. The van der Waals surface area contributed by atoms with Gasteiger partial charge in [0.15, 0.2) is 11.5 Å². The molecule has 25 heavy (non-hydrogen) atoms. The van der Waals surface area contributed by atoms with Crippen molar-refractivity contribution in [3.05, 3.63) is 77.1 Å². The summed E-state index contributed by atoms with van der Waals surface area (Å²) in [4.78, 5) is 15.5. The van der Waals surface area contributed by atoms with Crippen molar-refractivity contribution in [2.75, 3.05) is 7.11 Å². The zero-order valence-corrected chi connectivity index (χ0v) is 13.9. The molecule has 2 aliphatic carbocycles. The number of hydrogen-bond acceptors (Lipinski definition) is 3. The van der Waals surface area contributed by atoms with Crippen molar-refractivity contribution in [1.82, 2.24) is 10.3 Å². The quantitative estimate of drug-likeness (QED) is 0.743. The summed E-state index contributed by atoms with van der Waals surface area (Å²) in [5, 5.41) is 12.8.